The third kappa shape index (κ3) is 2.69. The van der Waals surface area contributed by atoms with E-state index in [9.17, 15) is 0 Å². The molecule has 0 radical (unpaired) electrons. The molecule has 3 rings (SSSR count). The van der Waals surface area contributed by atoms with Gasteiger partial charge in [0.15, 0.2) is 5.82 Å². The highest BCUT2D eigenvalue weighted by Gasteiger charge is 2.26. The molecule has 0 aliphatic carbocycles. The van der Waals surface area contributed by atoms with Gasteiger partial charge >= 0.3 is 0 Å². The lowest BCUT2D eigenvalue weighted by atomic mass is 9.85. The minimum atomic E-state index is 0.0837. The first-order valence-electron chi connectivity index (χ1n) is 7.04. The van der Waals surface area contributed by atoms with Gasteiger partial charge in [0.1, 0.15) is 6.33 Å². The number of benzene rings is 1. The predicted octanol–water partition coefficient (Wildman–Crippen LogP) is 3.03. The van der Waals surface area contributed by atoms with Crippen LogP contribution in [0.15, 0.2) is 41.2 Å². The van der Waals surface area contributed by atoms with E-state index >= 15 is 0 Å². The average Bonchev–Trinajstić information content (AvgIpc) is 3.19. The highest BCUT2D eigenvalue weighted by molar-refractivity contribution is 5.40. The lowest BCUT2D eigenvalue weighted by Crippen LogP contribution is -2.11. The molecule has 2 heterocycles. The van der Waals surface area contributed by atoms with Gasteiger partial charge in [0, 0.05) is 0 Å². The van der Waals surface area contributed by atoms with Gasteiger partial charge in [-0.1, -0.05) is 55.8 Å². The molecule has 1 aromatic carbocycles. The van der Waals surface area contributed by atoms with Crippen LogP contribution in [0.2, 0.25) is 0 Å². The summed E-state index contributed by atoms with van der Waals surface area (Å²) in [6.07, 6.45) is 2.45. The monoisotopic (exact) mass is 283 g/mol. The summed E-state index contributed by atoms with van der Waals surface area (Å²) in [5.41, 5.74) is 1.18. The Kier molecular flexibility index (Phi) is 3.77. The van der Waals surface area contributed by atoms with E-state index < -0.39 is 0 Å². The number of aromatic nitrogens is 5. The summed E-state index contributed by atoms with van der Waals surface area (Å²) in [4.78, 5) is 8.53. The van der Waals surface area contributed by atoms with Crippen molar-refractivity contribution in [3.05, 3.63) is 48.1 Å². The second kappa shape index (κ2) is 5.87. The maximum Gasteiger partial charge on any atom is 0.239 e. The minimum Gasteiger partial charge on any atom is -0.338 e. The molecule has 2 atom stereocenters. The normalized spacial score (nSPS) is 14.0. The van der Waals surface area contributed by atoms with Crippen molar-refractivity contribution < 1.29 is 4.52 Å². The van der Waals surface area contributed by atoms with E-state index in [0.717, 1.165) is 6.42 Å². The predicted molar refractivity (Wildman–Crippen MR) is 77.4 cm³/mol. The Labute approximate surface area is 122 Å². The third-order valence-corrected chi connectivity index (χ3v) is 3.71. The van der Waals surface area contributed by atoms with Crippen LogP contribution in [-0.2, 0) is 0 Å². The van der Waals surface area contributed by atoms with Gasteiger partial charge in [-0.3, -0.25) is 5.10 Å². The molecule has 0 amide bonds. The van der Waals surface area contributed by atoms with E-state index in [1.807, 2.05) is 18.2 Å². The first-order valence-corrected chi connectivity index (χ1v) is 7.04. The second-order valence-corrected chi connectivity index (χ2v) is 5.06. The molecule has 0 bridgehead atoms. The number of aromatic amines is 1. The van der Waals surface area contributed by atoms with Gasteiger partial charge in [0.25, 0.3) is 0 Å². The number of nitrogens with zero attached hydrogens (tertiary/aromatic N) is 4. The fraction of sp³-hybridized carbons (Fsp3) is 0.333. The molecule has 2 aromatic heterocycles. The maximum atomic E-state index is 5.48. The number of hydrogen-bond donors (Lipinski definition) is 1. The van der Waals surface area contributed by atoms with E-state index in [1.54, 1.807) is 0 Å². The topological polar surface area (TPSA) is 80.5 Å². The average molecular weight is 283 g/mol. The Bertz CT molecular complexity index is 677. The zero-order valence-corrected chi connectivity index (χ0v) is 12.0. The molecule has 21 heavy (non-hydrogen) atoms. The molecule has 0 saturated heterocycles. The quantitative estimate of drug-likeness (QED) is 0.778. The second-order valence-electron chi connectivity index (χ2n) is 5.06. The van der Waals surface area contributed by atoms with E-state index in [-0.39, 0.29) is 5.92 Å². The molecule has 2 unspecified atom stereocenters. The maximum absolute atomic E-state index is 5.48. The van der Waals surface area contributed by atoms with E-state index in [4.69, 9.17) is 4.52 Å². The SMILES string of the molecule is CCC(C)C(c1ccccc1)c1nc(-c2ncn[nH]2)no1. The van der Waals surface area contributed by atoms with Crippen LogP contribution >= 0.6 is 0 Å². The van der Waals surface area contributed by atoms with Crippen molar-refractivity contribution in [3.63, 3.8) is 0 Å². The third-order valence-electron chi connectivity index (χ3n) is 3.71. The molecule has 6 heteroatoms. The number of H-pyrrole nitrogens is 1. The molecule has 6 nitrogen and oxygen atoms in total. The number of hydrogen-bond acceptors (Lipinski definition) is 5. The van der Waals surface area contributed by atoms with Crippen LogP contribution in [0.1, 0.15) is 37.6 Å². The van der Waals surface area contributed by atoms with Crippen molar-refractivity contribution in [2.24, 2.45) is 5.92 Å². The molecular weight excluding hydrogens is 266 g/mol. The molecule has 0 saturated carbocycles. The fourth-order valence-corrected chi connectivity index (χ4v) is 2.38. The first kappa shape index (κ1) is 13.5. The number of rotatable bonds is 5. The van der Waals surface area contributed by atoms with E-state index in [0.29, 0.717) is 23.5 Å². The van der Waals surface area contributed by atoms with Gasteiger partial charge in [-0.15, -0.1) is 0 Å². The molecule has 108 valence electrons. The molecule has 1 N–H and O–H groups in total. The largest absolute Gasteiger partial charge is 0.338 e. The first-order chi connectivity index (χ1) is 10.3. The van der Waals surface area contributed by atoms with Crippen LogP contribution in [0.5, 0.6) is 0 Å². The van der Waals surface area contributed by atoms with Crippen molar-refractivity contribution in [2.45, 2.75) is 26.2 Å². The summed E-state index contributed by atoms with van der Waals surface area (Å²) in [6.45, 7) is 4.35. The Balaban J connectivity index is 1.98. The van der Waals surface area contributed by atoms with Crippen LogP contribution in [0.4, 0.5) is 0 Å². The lowest BCUT2D eigenvalue weighted by molar-refractivity contribution is 0.331. The van der Waals surface area contributed by atoms with Crippen molar-refractivity contribution in [1.82, 2.24) is 25.3 Å². The zero-order chi connectivity index (χ0) is 14.7. The Hall–Kier alpha value is -2.50. The fourth-order valence-electron chi connectivity index (χ4n) is 2.38. The van der Waals surface area contributed by atoms with Crippen molar-refractivity contribution in [3.8, 4) is 11.6 Å². The van der Waals surface area contributed by atoms with Gasteiger partial charge in [-0.25, -0.2) is 4.98 Å². The van der Waals surface area contributed by atoms with E-state index in [2.05, 4.69) is 51.3 Å². The highest BCUT2D eigenvalue weighted by Crippen LogP contribution is 2.33. The van der Waals surface area contributed by atoms with Crippen LogP contribution in [0, 0.1) is 5.92 Å². The summed E-state index contributed by atoms with van der Waals surface area (Å²) >= 11 is 0. The van der Waals surface area contributed by atoms with E-state index in [1.165, 1.54) is 11.9 Å². The zero-order valence-electron chi connectivity index (χ0n) is 12.0. The smallest absolute Gasteiger partial charge is 0.239 e. The molecule has 3 aromatic rings. The summed E-state index contributed by atoms with van der Waals surface area (Å²) in [5, 5.41) is 10.5. The Morgan fingerprint density at radius 3 is 2.71 bits per heavy atom. The van der Waals surface area contributed by atoms with Crippen LogP contribution < -0.4 is 0 Å². The van der Waals surface area contributed by atoms with Crippen LogP contribution in [0.3, 0.4) is 0 Å². The Morgan fingerprint density at radius 1 is 1.24 bits per heavy atom. The molecule has 0 fully saturated rings. The van der Waals surface area contributed by atoms with Crippen LogP contribution in [0.25, 0.3) is 11.6 Å². The molecule has 0 spiro atoms. The number of nitrogens with one attached hydrogen (secondary N) is 1. The van der Waals surface area contributed by atoms with Crippen molar-refractivity contribution >= 4 is 0 Å². The molecule has 0 aliphatic rings. The van der Waals surface area contributed by atoms with Gasteiger partial charge in [-0.05, 0) is 11.5 Å². The summed E-state index contributed by atoms with van der Waals surface area (Å²) in [5.74, 6) is 2.05. The van der Waals surface area contributed by atoms with Gasteiger partial charge in [-0.2, -0.15) is 10.1 Å². The molecular formula is C15H17N5O. The van der Waals surface area contributed by atoms with Gasteiger partial charge < -0.3 is 4.52 Å². The van der Waals surface area contributed by atoms with Gasteiger partial charge in [0.05, 0.1) is 5.92 Å². The standard InChI is InChI=1S/C15H17N5O/c1-3-10(2)12(11-7-5-4-6-8-11)15-18-14(20-21-15)13-16-9-17-19-13/h4-10,12H,3H2,1-2H3,(H,16,17,19). The Morgan fingerprint density at radius 2 is 2.05 bits per heavy atom. The summed E-state index contributed by atoms with van der Waals surface area (Å²) in [6, 6.07) is 10.2. The molecule has 0 aliphatic heterocycles. The summed E-state index contributed by atoms with van der Waals surface area (Å²) < 4.78 is 5.48. The van der Waals surface area contributed by atoms with Crippen LogP contribution in [-0.4, -0.2) is 25.3 Å². The van der Waals surface area contributed by atoms with Crippen molar-refractivity contribution in [1.29, 1.82) is 0 Å². The lowest BCUT2D eigenvalue weighted by Gasteiger charge is -2.19. The minimum absolute atomic E-state index is 0.0837. The summed E-state index contributed by atoms with van der Waals surface area (Å²) in [7, 11) is 0. The van der Waals surface area contributed by atoms with Crippen molar-refractivity contribution in [2.75, 3.05) is 0 Å². The highest BCUT2D eigenvalue weighted by atomic mass is 16.5. The van der Waals surface area contributed by atoms with Gasteiger partial charge in [0.2, 0.25) is 11.7 Å².